The Morgan fingerprint density at radius 2 is 2.14 bits per heavy atom. The number of alkyl halides is 3. The first-order valence-corrected chi connectivity index (χ1v) is 7.41. The molecular weight excluding hydrogens is 315 g/mol. The van der Waals surface area contributed by atoms with Crippen molar-refractivity contribution in [1.82, 2.24) is 15.3 Å². The molecule has 1 amide bonds. The second-order valence-corrected chi connectivity index (χ2v) is 6.21. The molecule has 0 bridgehead atoms. The largest absolute Gasteiger partial charge is 0.411 e. The zero-order valence-corrected chi connectivity index (χ0v) is 12.4. The molecule has 22 heavy (non-hydrogen) atoms. The Balaban J connectivity index is 1.84. The summed E-state index contributed by atoms with van der Waals surface area (Å²) in [6, 6.07) is 3.51. The molecular formula is C14H12F3N3OS. The third kappa shape index (κ3) is 2.58. The van der Waals surface area contributed by atoms with Gasteiger partial charge in [0.15, 0.2) is 0 Å². The summed E-state index contributed by atoms with van der Waals surface area (Å²) >= 11 is 1.07. The number of amides is 1. The lowest BCUT2D eigenvalue weighted by molar-refractivity contribution is -0.163. The Kier molecular flexibility index (Phi) is 3.43. The third-order valence-electron chi connectivity index (χ3n) is 3.56. The standard InChI is InChI=1S/C14H12F3N3OS/c1-8-10(11(21)20-13(4-5-13)14(15,16)17)22-12(19-8)9-3-2-6-18-7-9/h2-3,6-7H,4-5H2,1H3,(H,20,21). The van der Waals surface area contributed by atoms with Crippen LogP contribution >= 0.6 is 11.3 Å². The van der Waals surface area contributed by atoms with Gasteiger partial charge in [0.2, 0.25) is 0 Å². The van der Waals surface area contributed by atoms with E-state index in [-0.39, 0.29) is 17.7 Å². The summed E-state index contributed by atoms with van der Waals surface area (Å²) in [4.78, 5) is 20.6. The lowest BCUT2D eigenvalue weighted by Crippen LogP contribution is -2.47. The number of nitrogens with zero attached hydrogens (tertiary/aromatic N) is 2. The van der Waals surface area contributed by atoms with E-state index in [1.807, 2.05) is 0 Å². The molecule has 0 aromatic carbocycles. The van der Waals surface area contributed by atoms with Crippen molar-refractivity contribution >= 4 is 17.2 Å². The van der Waals surface area contributed by atoms with E-state index in [9.17, 15) is 18.0 Å². The Morgan fingerprint density at radius 1 is 1.41 bits per heavy atom. The average Bonchev–Trinajstić information content (AvgIpc) is 3.15. The number of hydrogen-bond acceptors (Lipinski definition) is 4. The normalized spacial score (nSPS) is 16.4. The average molecular weight is 327 g/mol. The van der Waals surface area contributed by atoms with Crippen LogP contribution in [0.4, 0.5) is 13.2 Å². The van der Waals surface area contributed by atoms with E-state index in [4.69, 9.17) is 0 Å². The maximum atomic E-state index is 12.9. The number of aromatic nitrogens is 2. The molecule has 0 atom stereocenters. The highest BCUT2D eigenvalue weighted by Crippen LogP contribution is 2.49. The molecule has 4 nitrogen and oxygen atoms in total. The lowest BCUT2D eigenvalue weighted by atomic mass is 10.2. The number of halogens is 3. The number of thiazole rings is 1. The molecule has 0 radical (unpaired) electrons. The van der Waals surface area contributed by atoms with Crippen LogP contribution in [-0.4, -0.2) is 27.6 Å². The van der Waals surface area contributed by atoms with E-state index in [1.54, 1.807) is 31.5 Å². The molecule has 1 fully saturated rings. The minimum Gasteiger partial charge on any atom is -0.337 e. The summed E-state index contributed by atoms with van der Waals surface area (Å²) < 4.78 is 38.7. The zero-order chi connectivity index (χ0) is 16.0. The molecule has 2 heterocycles. The summed E-state index contributed by atoms with van der Waals surface area (Å²) in [5.41, 5.74) is -0.916. The van der Waals surface area contributed by atoms with Gasteiger partial charge < -0.3 is 5.32 Å². The van der Waals surface area contributed by atoms with Crippen LogP contribution in [0.3, 0.4) is 0 Å². The molecule has 3 rings (SSSR count). The summed E-state index contributed by atoms with van der Waals surface area (Å²) in [5.74, 6) is -0.722. The molecule has 1 N–H and O–H groups in total. The second kappa shape index (κ2) is 5.05. The SMILES string of the molecule is Cc1nc(-c2cccnc2)sc1C(=O)NC1(C(F)(F)F)CC1. The first-order chi connectivity index (χ1) is 10.3. The molecule has 0 saturated heterocycles. The van der Waals surface area contributed by atoms with Crippen LogP contribution in [0.25, 0.3) is 10.6 Å². The van der Waals surface area contributed by atoms with Gasteiger partial charge in [-0.15, -0.1) is 11.3 Å². The number of carbonyl (C=O) groups excluding carboxylic acids is 1. The number of hydrogen-bond donors (Lipinski definition) is 1. The predicted octanol–water partition coefficient (Wildman–Crippen LogP) is 3.34. The molecule has 0 unspecified atom stereocenters. The van der Waals surface area contributed by atoms with E-state index < -0.39 is 17.6 Å². The van der Waals surface area contributed by atoms with Gasteiger partial charge in [0.1, 0.15) is 15.4 Å². The minimum absolute atomic E-state index is 0.0739. The molecule has 1 aliphatic carbocycles. The van der Waals surface area contributed by atoms with Gasteiger partial charge in [-0.2, -0.15) is 13.2 Å². The van der Waals surface area contributed by atoms with Gasteiger partial charge in [-0.3, -0.25) is 9.78 Å². The van der Waals surface area contributed by atoms with Crippen LogP contribution in [-0.2, 0) is 0 Å². The molecule has 1 saturated carbocycles. The quantitative estimate of drug-likeness (QED) is 0.941. The number of nitrogens with one attached hydrogen (secondary N) is 1. The monoisotopic (exact) mass is 327 g/mol. The summed E-state index contributed by atoms with van der Waals surface area (Å²) in [6.45, 7) is 1.61. The van der Waals surface area contributed by atoms with Crippen molar-refractivity contribution < 1.29 is 18.0 Å². The van der Waals surface area contributed by atoms with Gasteiger partial charge in [-0.05, 0) is 31.9 Å². The highest BCUT2D eigenvalue weighted by atomic mass is 32.1. The van der Waals surface area contributed by atoms with Crippen LogP contribution in [0, 0.1) is 6.92 Å². The first-order valence-electron chi connectivity index (χ1n) is 6.59. The van der Waals surface area contributed by atoms with E-state index in [1.165, 1.54) is 0 Å². The maximum absolute atomic E-state index is 12.9. The van der Waals surface area contributed by atoms with Crippen molar-refractivity contribution in [2.24, 2.45) is 0 Å². The van der Waals surface area contributed by atoms with Crippen LogP contribution in [0.2, 0.25) is 0 Å². The van der Waals surface area contributed by atoms with E-state index in [0.29, 0.717) is 10.7 Å². The number of pyridine rings is 1. The van der Waals surface area contributed by atoms with Gasteiger partial charge >= 0.3 is 6.18 Å². The van der Waals surface area contributed by atoms with Crippen molar-refractivity contribution in [3.8, 4) is 10.6 Å². The third-order valence-corrected chi connectivity index (χ3v) is 4.76. The van der Waals surface area contributed by atoms with Gasteiger partial charge in [0.05, 0.1) is 5.69 Å². The fourth-order valence-corrected chi connectivity index (χ4v) is 3.05. The zero-order valence-electron chi connectivity index (χ0n) is 11.6. The van der Waals surface area contributed by atoms with Crippen LogP contribution in [0.1, 0.15) is 28.2 Å². The molecule has 1 aliphatic rings. The molecule has 8 heteroatoms. The van der Waals surface area contributed by atoms with E-state index in [0.717, 1.165) is 16.9 Å². The fourth-order valence-electron chi connectivity index (χ4n) is 2.10. The summed E-state index contributed by atoms with van der Waals surface area (Å²) in [6.07, 6.45) is -1.37. The van der Waals surface area contributed by atoms with Crippen molar-refractivity contribution in [2.75, 3.05) is 0 Å². The van der Waals surface area contributed by atoms with Crippen molar-refractivity contribution in [2.45, 2.75) is 31.5 Å². The fraction of sp³-hybridized carbons (Fsp3) is 0.357. The van der Waals surface area contributed by atoms with Crippen LogP contribution < -0.4 is 5.32 Å². The van der Waals surface area contributed by atoms with Gasteiger partial charge in [-0.25, -0.2) is 4.98 Å². The van der Waals surface area contributed by atoms with E-state index in [2.05, 4.69) is 15.3 Å². The van der Waals surface area contributed by atoms with Gasteiger partial charge in [0, 0.05) is 18.0 Å². The Bertz CT molecular complexity index is 708. The summed E-state index contributed by atoms with van der Waals surface area (Å²) in [7, 11) is 0. The van der Waals surface area contributed by atoms with Crippen molar-refractivity contribution in [3.05, 3.63) is 35.1 Å². The predicted molar refractivity (Wildman–Crippen MR) is 75.6 cm³/mol. The number of carbonyl (C=O) groups is 1. The second-order valence-electron chi connectivity index (χ2n) is 5.21. The van der Waals surface area contributed by atoms with Gasteiger partial charge in [0.25, 0.3) is 5.91 Å². The highest BCUT2D eigenvalue weighted by molar-refractivity contribution is 7.17. The first kappa shape index (κ1) is 15.0. The lowest BCUT2D eigenvalue weighted by Gasteiger charge is -2.20. The molecule has 0 spiro atoms. The van der Waals surface area contributed by atoms with Crippen molar-refractivity contribution in [1.29, 1.82) is 0 Å². The smallest absolute Gasteiger partial charge is 0.337 e. The van der Waals surface area contributed by atoms with Crippen molar-refractivity contribution in [3.63, 3.8) is 0 Å². The maximum Gasteiger partial charge on any atom is 0.411 e. The summed E-state index contributed by atoms with van der Waals surface area (Å²) in [5, 5.41) is 2.68. The Hall–Kier alpha value is -1.96. The number of aryl methyl sites for hydroxylation is 1. The molecule has 2 aromatic heterocycles. The van der Waals surface area contributed by atoms with Crippen LogP contribution in [0.15, 0.2) is 24.5 Å². The Morgan fingerprint density at radius 3 is 2.68 bits per heavy atom. The molecule has 116 valence electrons. The topological polar surface area (TPSA) is 54.9 Å². The molecule has 2 aromatic rings. The minimum atomic E-state index is -4.42. The Labute approximate surface area is 128 Å². The van der Waals surface area contributed by atoms with E-state index >= 15 is 0 Å². The van der Waals surface area contributed by atoms with Gasteiger partial charge in [-0.1, -0.05) is 0 Å². The molecule has 0 aliphatic heterocycles. The number of rotatable bonds is 3. The highest BCUT2D eigenvalue weighted by Gasteiger charge is 2.64. The van der Waals surface area contributed by atoms with Crippen LogP contribution in [0.5, 0.6) is 0 Å².